The lowest BCUT2D eigenvalue weighted by Crippen LogP contribution is -2.52. The minimum absolute atomic E-state index is 0.137. The summed E-state index contributed by atoms with van der Waals surface area (Å²) in [6, 6.07) is 22.4. The van der Waals surface area contributed by atoms with Gasteiger partial charge in [-0.1, -0.05) is 12.1 Å². The van der Waals surface area contributed by atoms with Gasteiger partial charge in [0.2, 0.25) is 11.9 Å². The molecule has 0 radical (unpaired) electrons. The predicted molar refractivity (Wildman–Crippen MR) is 209 cm³/mol. The number of nitrogens with zero attached hydrogens (tertiary/aromatic N) is 6. The van der Waals surface area contributed by atoms with E-state index in [9.17, 15) is 9.59 Å². The van der Waals surface area contributed by atoms with E-state index in [0.29, 0.717) is 18.9 Å². The molecular formula is C42H50N8O3. The predicted octanol–water partition coefficient (Wildman–Crippen LogP) is 6.67. The molecule has 1 aromatic heterocycles. The molecule has 3 saturated heterocycles. The number of hydrogen-bond acceptors (Lipinski definition) is 9. The van der Waals surface area contributed by atoms with Gasteiger partial charge >= 0.3 is 6.03 Å². The van der Waals surface area contributed by atoms with Crippen LogP contribution in [0.15, 0.2) is 72.9 Å². The van der Waals surface area contributed by atoms with Crippen molar-refractivity contribution in [1.29, 1.82) is 0 Å². The number of imide groups is 1. The van der Waals surface area contributed by atoms with Gasteiger partial charge in [0.25, 0.3) is 0 Å². The summed E-state index contributed by atoms with van der Waals surface area (Å²) >= 11 is 0. The number of carbonyl (C=O) groups is 2. The van der Waals surface area contributed by atoms with Crippen LogP contribution in [0.2, 0.25) is 0 Å². The Labute approximate surface area is 312 Å². The Morgan fingerprint density at radius 2 is 1.51 bits per heavy atom. The van der Waals surface area contributed by atoms with Crippen molar-refractivity contribution in [3.63, 3.8) is 0 Å². The van der Waals surface area contributed by atoms with E-state index in [-0.39, 0.29) is 18.5 Å². The van der Waals surface area contributed by atoms with Crippen molar-refractivity contribution in [2.45, 2.75) is 58.5 Å². The molecule has 0 spiro atoms. The third-order valence-electron chi connectivity index (χ3n) is 11.7. The summed E-state index contributed by atoms with van der Waals surface area (Å²) in [5.41, 5.74) is 8.64. The first-order valence-electron chi connectivity index (χ1n) is 19.2. The Hall–Kier alpha value is -5.16. The van der Waals surface area contributed by atoms with Crippen LogP contribution < -0.4 is 30.1 Å². The molecule has 0 atom stereocenters. The second-order valence-electron chi connectivity index (χ2n) is 14.9. The standard InChI is InChI=1S/C42H50N8O3/c1-29-25-36(9-12-39(29)49-24-18-40(51)50(42(49)52)28-30-3-10-37(53-2)11-4-30)48-22-16-32(17-23-48)31-14-20-47(21-15-31)35-7-5-34(6-8-35)45-41-44-26-33-13-19-43-27-38(33)46-41/h3-12,25-26,31-32,43H,13-24,27-28H2,1-2H3,(H,44,45,46). The molecule has 3 amide bonds. The van der Waals surface area contributed by atoms with Crippen LogP contribution in [0.4, 0.5) is 33.5 Å². The molecular weight excluding hydrogens is 665 g/mol. The molecule has 4 aliphatic heterocycles. The second-order valence-corrected chi connectivity index (χ2v) is 14.9. The number of aryl methyl sites for hydroxylation is 1. The van der Waals surface area contributed by atoms with Crippen molar-refractivity contribution in [3.8, 4) is 5.75 Å². The topological polar surface area (TPSA) is 106 Å². The number of nitrogens with one attached hydrogen (secondary N) is 2. The van der Waals surface area contributed by atoms with E-state index in [4.69, 9.17) is 9.72 Å². The lowest BCUT2D eigenvalue weighted by Gasteiger charge is -2.41. The van der Waals surface area contributed by atoms with Crippen LogP contribution >= 0.6 is 0 Å². The first-order valence-corrected chi connectivity index (χ1v) is 19.2. The zero-order valence-corrected chi connectivity index (χ0v) is 30.9. The number of piperidine rings is 2. The van der Waals surface area contributed by atoms with E-state index in [2.05, 4.69) is 74.8 Å². The van der Waals surface area contributed by atoms with Crippen LogP contribution in [0.5, 0.6) is 5.75 Å². The SMILES string of the molecule is COc1ccc(CN2C(=O)CCN(c3ccc(N4CCC(C5CCN(c6ccc(Nc7ncc8c(n7)CNCC8)cc6)CC5)CC4)cc3C)C2=O)cc1. The number of ether oxygens (including phenoxy) is 1. The third kappa shape index (κ3) is 7.67. The van der Waals surface area contributed by atoms with Gasteiger partial charge in [-0.25, -0.2) is 14.8 Å². The molecule has 276 valence electrons. The quantitative estimate of drug-likeness (QED) is 0.197. The van der Waals surface area contributed by atoms with Gasteiger partial charge in [-0.2, -0.15) is 0 Å². The highest BCUT2D eigenvalue weighted by atomic mass is 16.5. The molecule has 0 unspecified atom stereocenters. The highest BCUT2D eigenvalue weighted by Gasteiger charge is 2.34. The Morgan fingerprint density at radius 3 is 2.19 bits per heavy atom. The van der Waals surface area contributed by atoms with Crippen molar-refractivity contribution < 1.29 is 14.3 Å². The zero-order valence-electron chi connectivity index (χ0n) is 30.9. The summed E-state index contributed by atoms with van der Waals surface area (Å²) in [6.07, 6.45) is 8.13. The number of carbonyl (C=O) groups excluding carboxylic acids is 2. The molecule has 2 N–H and O–H groups in total. The smallest absolute Gasteiger partial charge is 0.331 e. The fraction of sp³-hybridized carbons (Fsp3) is 0.429. The van der Waals surface area contributed by atoms with Gasteiger partial charge in [-0.15, -0.1) is 0 Å². The Balaban J connectivity index is 0.815. The number of fused-ring (bicyclic) bond motifs is 1. The zero-order chi connectivity index (χ0) is 36.3. The molecule has 5 heterocycles. The average molecular weight is 715 g/mol. The molecule has 3 aromatic carbocycles. The number of benzene rings is 3. The lowest BCUT2D eigenvalue weighted by atomic mass is 9.78. The highest BCUT2D eigenvalue weighted by Crippen LogP contribution is 2.37. The van der Waals surface area contributed by atoms with Gasteiger partial charge in [0, 0.05) is 74.6 Å². The largest absolute Gasteiger partial charge is 0.497 e. The van der Waals surface area contributed by atoms with Gasteiger partial charge in [0.05, 0.1) is 19.3 Å². The van der Waals surface area contributed by atoms with Crippen LogP contribution in [0.25, 0.3) is 0 Å². The molecule has 0 aliphatic carbocycles. The summed E-state index contributed by atoms with van der Waals surface area (Å²) in [7, 11) is 1.62. The lowest BCUT2D eigenvalue weighted by molar-refractivity contribution is -0.129. The second kappa shape index (κ2) is 15.4. The molecule has 4 aromatic rings. The van der Waals surface area contributed by atoms with E-state index in [1.165, 1.54) is 47.5 Å². The number of amides is 3. The van der Waals surface area contributed by atoms with Crippen LogP contribution in [0.3, 0.4) is 0 Å². The van der Waals surface area contributed by atoms with E-state index < -0.39 is 0 Å². The van der Waals surface area contributed by atoms with E-state index in [0.717, 1.165) is 91.5 Å². The maximum atomic E-state index is 13.6. The summed E-state index contributed by atoms with van der Waals surface area (Å²) in [5.74, 6) is 2.79. The minimum Gasteiger partial charge on any atom is -0.497 e. The van der Waals surface area contributed by atoms with Crippen molar-refractivity contribution >= 4 is 40.6 Å². The van der Waals surface area contributed by atoms with Gasteiger partial charge in [0.1, 0.15) is 5.75 Å². The van der Waals surface area contributed by atoms with Gasteiger partial charge in [0.15, 0.2) is 0 Å². The molecule has 4 aliphatic rings. The van der Waals surface area contributed by atoms with Crippen molar-refractivity contribution in [3.05, 3.63) is 95.3 Å². The average Bonchev–Trinajstić information content (AvgIpc) is 3.20. The number of rotatable bonds is 9. The van der Waals surface area contributed by atoms with E-state index in [1.54, 1.807) is 12.0 Å². The monoisotopic (exact) mass is 714 g/mol. The number of aromatic nitrogens is 2. The van der Waals surface area contributed by atoms with Crippen LogP contribution in [-0.4, -0.2) is 73.2 Å². The molecule has 8 rings (SSSR count). The summed E-state index contributed by atoms with van der Waals surface area (Å²) in [5, 5.41) is 6.77. The summed E-state index contributed by atoms with van der Waals surface area (Å²) < 4.78 is 5.25. The van der Waals surface area contributed by atoms with Crippen molar-refractivity contribution in [2.75, 3.05) is 66.4 Å². The van der Waals surface area contributed by atoms with Crippen LogP contribution in [0, 0.1) is 18.8 Å². The molecule has 11 heteroatoms. The molecule has 53 heavy (non-hydrogen) atoms. The minimum atomic E-state index is -0.261. The van der Waals surface area contributed by atoms with Crippen LogP contribution in [-0.2, 0) is 24.3 Å². The fourth-order valence-corrected chi connectivity index (χ4v) is 8.56. The third-order valence-corrected chi connectivity index (χ3v) is 11.7. The molecule has 0 saturated carbocycles. The maximum absolute atomic E-state index is 13.6. The molecule has 3 fully saturated rings. The summed E-state index contributed by atoms with van der Waals surface area (Å²) in [4.78, 5) is 43.8. The summed E-state index contributed by atoms with van der Waals surface area (Å²) in [6.45, 7) is 8.80. The number of methoxy groups -OCH3 is 1. The van der Waals surface area contributed by atoms with Crippen molar-refractivity contribution in [1.82, 2.24) is 20.2 Å². The first-order chi connectivity index (χ1) is 25.9. The van der Waals surface area contributed by atoms with Gasteiger partial charge in [-0.3, -0.25) is 14.6 Å². The number of urea groups is 1. The van der Waals surface area contributed by atoms with Gasteiger partial charge < -0.3 is 25.2 Å². The first kappa shape index (κ1) is 34.9. The normalized spacial score (nSPS) is 18.7. The van der Waals surface area contributed by atoms with Gasteiger partial charge in [-0.05, 0) is 129 Å². The fourth-order valence-electron chi connectivity index (χ4n) is 8.56. The molecule has 11 nitrogen and oxygen atoms in total. The van der Waals surface area contributed by atoms with Crippen molar-refractivity contribution in [2.24, 2.45) is 11.8 Å². The number of anilines is 5. The molecule has 0 bridgehead atoms. The Morgan fingerprint density at radius 1 is 0.830 bits per heavy atom. The van der Waals surface area contributed by atoms with Crippen LogP contribution in [0.1, 0.15) is 54.5 Å². The maximum Gasteiger partial charge on any atom is 0.331 e. The Bertz CT molecular complexity index is 1920. The number of hydrogen-bond donors (Lipinski definition) is 2. The van der Waals surface area contributed by atoms with E-state index in [1.807, 2.05) is 30.5 Å². The highest BCUT2D eigenvalue weighted by molar-refractivity contribution is 6.06. The van der Waals surface area contributed by atoms with E-state index >= 15 is 0 Å². The Kier molecular flexibility index (Phi) is 10.2.